The molecule has 1 atom stereocenters. The summed E-state index contributed by atoms with van der Waals surface area (Å²) in [6.45, 7) is 1.93. The van der Waals surface area contributed by atoms with Crippen LogP contribution in [0, 0.1) is 0 Å². The second-order valence-corrected chi connectivity index (χ2v) is 10.8. The Kier molecular flexibility index (Phi) is 7.58. The van der Waals surface area contributed by atoms with Crippen molar-refractivity contribution in [1.29, 1.82) is 0 Å². The second-order valence-electron chi connectivity index (χ2n) is 8.90. The number of thiazole rings is 1. The number of carbonyl (C=O) groups excluding carboxylic acids is 1. The van der Waals surface area contributed by atoms with Crippen molar-refractivity contribution in [2.24, 2.45) is 4.99 Å². The van der Waals surface area contributed by atoms with Crippen molar-refractivity contribution >= 4 is 50.9 Å². The van der Waals surface area contributed by atoms with Crippen molar-refractivity contribution in [3.05, 3.63) is 107 Å². The van der Waals surface area contributed by atoms with Crippen molar-refractivity contribution in [3.63, 3.8) is 0 Å². The predicted molar refractivity (Wildman–Crippen MR) is 155 cm³/mol. The molecule has 0 saturated carbocycles. The van der Waals surface area contributed by atoms with E-state index in [0.29, 0.717) is 38.0 Å². The number of hydrogen-bond acceptors (Lipinski definition) is 8. The van der Waals surface area contributed by atoms with E-state index in [9.17, 15) is 9.59 Å². The summed E-state index contributed by atoms with van der Waals surface area (Å²) in [4.78, 5) is 34.6. The average Bonchev–Trinajstić information content (AvgIpc) is 3.46. The number of rotatable bonds is 7. The van der Waals surface area contributed by atoms with Crippen molar-refractivity contribution in [2.75, 3.05) is 32.7 Å². The lowest BCUT2D eigenvalue weighted by Crippen LogP contribution is -2.40. The largest absolute Gasteiger partial charge is 0.497 e. The fourth-order valence-electron chi connectivity index (χ4n) is 4.45. The monoisotopic (exact) mass is 607 g/mol. The summed E-state index contributed by atoms with van der Waals surface area (Å²) in [6.07, 6.45) is 1.69. The summed E-state index contributed by atoms with van der Waals surface area (Å²) in [5.41, 5.74) is 1.90. The highest BCUT2D eigenvalue weighted by Crippen LogP contribution is 2.36. The summed E-state index contributed by atoms with van der Waals surface area (Å²) in [6, 6.07) is 17.8. The summed E-state index contributed by atoms with van der Waals surface area (Å²) in [7, 11) is 5.32. The van der Waals surface area contributed by atoms with Crippen molar-refractivity contribution in [1.82, 2.24) is 4.57 Å². The number of nitrogens with zero attached hydrogens (tertiary/aromatic N) is 3. The van der Waals surface area contributed by atoms with Crippen LogP contribution in [0.2, 0.25) is 0 Å². The van der Waals surface area contributed by atoms with Gasteiger partial charge in [0.15, 0.2) is 4.80 Å². The first-order chi connectivity index (χ1) is 18.8. The van der Waals surface area contributed by atoms with Crippen LogP contribution in [-0.4, -0.2) is 38.3 Å². The molecule has 5 rings (SSSR count). The molecule has 0 radical (unpaired) electrons. The van der Waals surface area contributed by atoms with Gasteiger partial charge in [-0.3, -0.25) is 9.36 Å². The number of anilines is 1. The number of fused-ring (bicyclic) bond motifs is 1. The fourth-order valence-corrected chi connectivity index (χ4v) is 6.09. The molecule has 0 spiro atoms. The maximum absolute atomic E-state index is 14.0. The minimum Gasteiger partial charge on any atom is -0.497 e. The van der Waals surface area contributed by atoms with Crippen LogP contribution in [-0.2, 0) is 9.53 Å². The Labute approximate surface area is 237 Å². The number of ether oxygens (including phenoxy) is 2. The van der Waals surface area contributed by atoms with Crippen LogP contribution in [0.1, 0.15) is 29.9 Å². The number of halogens is 1. The Bertz CT molecular complexity index is 1750. The summed E-state index contributed by atoms with van der Waals surface area (Å²) < 4.78 is 19.7. The minimum atomic E-state index is -0.784. The fraction of sp³-hybridized carbons (Fsp3) is 0.207. The first-order valence-electron chi connectivity index (χ1n) is 12.2. The number of esters is 1. The van der Waals surface area contributed by atoms with E-state index in [4.69, 9.17) is 18.9 Å². The zero-order valence-electron chi connectivity index (χ0n) is 21.8. The third kappa shape index (κ3) is 5.09. The standard InChI is InChI=1S/C29H26BrN3O5S/c1-5-37-28(35)23-24(17-10-7-6-8-11-17)31-29-33(25(23)18-12-9-13-19(14-18)36-4)26(34)22(39-29)16-20-15-21(30)27(38-20)32(2)3/h6-16,25H,5H2,1-4H3/b22-16+/t25-/m0/s1. The van der Waals surface area contributed by atoms with E-state index in [-0.39, 0.29) is 17.7 Å². The molecule has 200 valence electrons. The predicted octanol–water partition coefficient (Wildman–Crippen LogP) is 4.37. The van der Waals surface area contributed by atoms with Gasteiger partial charge in [0.05, 0.1) is 40.0 Å². The maximum atomic E-state index is 14.0. The Hall–Kier alpha value is -3.89. The number of aromatic nitrogens is 1. The smallest absolute Gasteiger partial charge is 0.338 e. The lowest BCUT2D eigenvalue weighted by atomic mass is 9.93. The Morgan fingerprint density at radius 3 is 2.62 bits per heavy atom. The lowest BCUT2D eigenvalue weighted by Gasteiger charge is -2.26. The normalized spacial score (nSPS) is 15.1. The molecule has 1 aliphatic heterocycles. The van der Waals surface area contributed by atoms with Crippen molar-refractivity contribution in [2.45, 2.75) is 13.0 Å². The first-order valence-corrected chi connectivity index (χ1v) is 13.8. The average molecular weight is 609 g/mol. The molecule has 10 heteroatoms. The van der Waals surface area contributed by atoms with Crippen molar-refractivity contribution in [3.8, 4) is 5.75 Å². The van der Waals surface area contributed by atoms with Crippen LogP contribution in [0.4, 0.5) is 5.88 Å². The lowest BCUT2D eigenvalue weighted by molar-refractivity contribution is -0.138. The highest BCUT2D eigenvalue weighted by atomic mass is 79.9. The van der Waals surface area contributed by atoms with Crippen LogP contribution in [0.15, 0.2) is 84.9 Å². The molecule has 0 amide bonds. The molecule has 2 aromatic heterocycles. The van der Waals surface area contributed by atoms with E-state index in [1.54, 1.807) is 24.7 Å². The van der Waals surface area contributed by atoms with E-state index in [1.165, 1.54) is 11.3 Å². The van der Waals surface area contributed by atoms with E-state index < -0.39 is 12.0 Å². The van der Waals surface area contributed by atoms with Gasteiger partial charge in [-0.1, -0.05) is 53.8 Å². The third-order valence-electron chi connectivity index (χ3n) is 6.15. The van der Waals surface area contributed by atoms with Crippen molar-refractivity contribution < 1.29 is 18.7 Å². The molecular weight excluding hydrogens is 582 g/mol. The van der Waals surface area contributed by atoms with Gasteiger partial charge in [-0.05, 0) is 40.5 Å². The van der Waals surface area contributed by atoms with Gasteiger partial charge >= 0.3 is 5.97 Å². The summed E-state index contributed by atoms with van der Waals surface area (Å²) in [5.74, 6) is 1.22. The van der Waals surface area contributed by atoms with Crippen LogP contribution >= 0.6 is 27.3 Å². The maximum Gasteiger partial charge on any atom is 0.338 e. The Balaban J connectivity index is 1.81. The van der Waals surface area contributed by atoms with Crippen LogP contribution in [0.3, 0.4) is 0 Å². The molecule has 0 N–H and O–H groups in total. The first kappa shape index (κ1) is 26.7. The number of furan rings is 1. The van der Waals surface area contributed by atoms with Gasteiger partial charge in [0.1, 0.15) is 11.5 Å². The summed E-state index contributed by atoms with van der Waals surface area (Å²) in [5, 5.41) is 0. The molecule has 1 aliphatic rings. The number of methoxy groups -OCH3 is 1. The molecule has 0 fully saturated rings. The van der Waals surface area contributed by atoms with E-state index in [1.807, 2.05) is 79.7 Å². The molecule has 0 bridgehead atoms. The Morgan fingerprint density at radius 2 is 1.95 bits per heavy atom. The Morgan fingerprint density at radius 1 is 1.18 bits per heavy atom. The molecule has 0 unspecified atom stereocenters. The summed E-state index contributed by atoms with van der Waals surface area (Å²) >= 11 is 4.74. The molecule has 2 aromatic carbocycles. The van der Waals surface area contributed by atoms with Gasteiger partial charge in [0.2, 0.25) is 5.88 Å². The van der Waals surface area contributed by atoms with Crippen LogP contribution in [0.25, 0.3) is 11.8 Å². The van der Waals surface area contributed by atoms with Gasteiger partial charge < -0.3 is 18.8 Å². The van der Waals surface area contributed by atoms with Crippen LogP contribution in [0.5, 0.6) is 5.75 Å². The van der Waals surface area contributed by atoms with Gasteiger partial charge in [0.25, 0.3) is 5.56 Å². The minimum absolute atomic E-state index is 0.182. The van der Waals surface area contributed by atoms with E-state index in [2.05, 4.69) is 15.9 Å². The van der Waals surface area contributed by atoms with E-state index >= 15 is 0 Å². The van der Waals surface area contributed by atoms with Gasteiger partial charge in [-0.15, -0.1) is 0 Å². The molecule has 3 heterocycles. The number of carbonyl (C=O) groups is 1. The quantitative estimate of drug-likeness (QED) is 0.290. The SMILES string of the molecule is CCOC(=O)C1=C(c2ccccc2)N=c2s/c(=C/c3cc(Br)c(N(C)C)o3)c(=O)n2[C@H]1c1cccc(OC)c1. The zero-order chi connectivity index (χ0) is 27.7. The molecular formula is C29H26BrN3O5S. The molecule has 8 nitrogen and oxygen atoms in total. The second kappa shape index (κ2) is 11.1. The number of benzene rings is 2. The van der Waals surface area contributed by atoms with Crippen LogP contribution < -0.4 is 24.5 Å². The van der Waals surface area contributed by atoms with Gasteiger partial charge in [-0.25, -0.2) is 9.79 Å². The van der Waals surface area contributed by atoms with E-state index in [0.717, 1.165) is 10.0 Å². The highest BCUT2D eigenvalue weighted by Gasteiger charge is 2.35. The highest BCUT2D eigenvalue weighted by molar-refractivity contribution is 9.10. The molecule has 39 heavy (non-hydrogen) atoms. The topological polar surface area (TPSA) is 86.3 Å². The number of hydrogen-bond donors (Lipinski definition) is 0. The van der Waals surface area contributed by atoms with Gasteiger partial charge in [0, 0.05) is 31.8 Å². The molecule has 4 aromatic rings. The molecule has 0 aliphatic carbocycles. The zero-order valence-corrected chi connectivity index (χ0v) is 24.2. The molecule has 0 saturated heterocycles. The third-order valence-corrected chi connectivity index (χ3v) is 7.70. The van der Waals surface area contributed by atoms with Gasteiger partial charge in [-0.2, -0.15) is 0 Å².